The number of aryl methyl sites for hydroxylation is 1. The third-order valence-electron chi connectivity index (χ3n) is 2.97. The minimum Gasteiger partial charge on any atom is -0.322 e. The van der Waals surface area contributed by atoms with E-state index in [1.807, 2.05) is 19.1 Å². The van der Waals surface area contributed by atoms with Crippen LogP contribution in [-0.4, -0.2) is 15.7 Å². The zero-order valence-corrected chi connectivity index (χ0v) is 10.8. The van der Waals surface area contributed by atoms with Crippen LogP contribution >= 0.6 is 0 Å². The number of carbonyl (C=O) groups excluding carboxylic acids is 1. The van der Waals surface area contributed by atoms with Crippen LogP contribution in [-0.2, 0) is 13.5 Å². The third kappa shape index (κ3) is 2.80. The molecule has 5 nitrogen and oxygen atoms in total. The summed E-state index contributed by atoms with van der Waals surface area (Å²) >= 11 is 0. The van der Waals surface area contributed by atoms with Gasteiger partial charge in [-0.3, -0.25) is 9.48 Å². The summed E-state index contributed by atoms with van der Waals surface area (Å²) in [4.78, 5) is 12.0. The second kappa shape index (κ2) is 5.36. The van der Waals surface area contributed by atoms with Crippen LogP contribution in [0.4, 0.5) is 5.69 Å². The van der Waals surface area contributed by atoms with Crippen LogP contribution in [0.2, 0.25) is 0 Å². The molecule has 1 N–H and O–H groups in total. The maximum absolute atomic E-state index is 12.0. The highest BCUT2D eigenvalue weighted by molar-refractivity contribution is 6.04. The summed E-state index contributed by atoms with van der Waals surface area (Å²) in [7, 11) is 1.79. The number of carbonyl (C=O) groups is 1. The molecule has 0 spiro atoms. The Balaban J connectivity index is 2.11. The van der Waals surface area contributed by atoms with Gasteiger partial charge in [0.05, 0.1) is 24.3 Å². The molecule has 2 aromatic rings. The highest BCUT2D eigenvalue weighted by Gasteiger charge is 2.12. The summed E-state index contributed by atoms with van der Waals surface area (Å²) < 4.78 is 1.66. The van der Waals surface area contributed by atoms with E-state index in [4.69, 9.17) is 5.26 Å². The Morgan fingerprint density at radius 1 is 1.42 bits per heavy atom. The van der Waals surface area contributed by atoms with Crippen LogP contribution in [0.3, 0.4) is 0 Å². The number of benzene rings is 1. The summed E-state index contributed by atoms with van der Waals surface area (Å²) in [5.74, 6) is -0.182. The van der Waals surface area contributed by atoms with Gasteiger partial charge in [-0.25, -0.2) is 0 Å². The number of rotatable bonds is 3. The lowest BCUT2D eigenvalue weighted by molar-refractivity contribution is 0.102. The summed E-state index contributed by atoms with van der Waals surface area (Å²) in [5, 5.41) is 15.4. The van der Waals surface area contributed by atoms with Gasteiger partial charge in [0.15, 0.2) is 0 Å². The molecular formula is C14H14N4O. The van der Waals surface area contributed by atoms with Gasteiger partial charge in [0.2, 0.25) is 0 Å². The number of amides is 1. The fourth-order valence-corrected chi connectivity index (χ4v) is 1.72. The van der Waals surface area contributed by atoms with E-state index in [2.05, 4.69) is 16.5 Å². The fourth-order valence-electron chi connectivity index (χ4n) is 1.72. The molecule has 0 aliphatic rings. The van der Waals surface area contributed by atoms with Crippen LogP contribution in [0.25, 0.3) is 0 Å². The molecule has 96 valence electrons. The Bertz CT molecular complexity index is 634. The molecule has 0 aliphatic heterocycles. The van der Waals surface area contributed by atoms with Crippen molar-refractivity contribution in [2.24, 2.45) is 7.05 Å². The van der Waals surface area contributed by atoms with Crippen LogP contribution < -0.4 is 5.32 Å². The van der Waals surface area contributed by atoms with E-state index >= 15 is 0 Å². The van der Waals surface area contributed by atoms with Gasteiger partial charge in [0.25, 0.3) is 5.91 Å². The average molecular weight is 254 g/mol. The topological polar surface area (TPSA) is 70.7 Å². The molecule has 0 atom stereocenters. The van der Waals surface area contributed by atoms with Crippen molar-refractivity contribution in [2.75, 3.05) is 5.32 Å². The van der Waals surface area contributed by atoms with E-state index in [-0.39, 0.29) is 5.91 Å². The Hall–Kier alpha value is -2.61. The molecule has 0 fully saturated rings. The van der Waals surface area contributed by atoms with Gasteiger partial charge in [0.1, 0.15) is 0 Å². The van der Waals surface area contributed by atoms with Crippen molar-refractivity contribution in [3.8, 4) is 6.07 Å². The van der Waals surface area contributed by atoms with Gasteiger partial charge in [-0.05, 0) is 24.6 Å². The average Bonchev–Trinajstić information content (AvgIpc) is 2.73. The van der Waals surface area contributed by atoms with Crippen molar-refractivity contribution >= 4 is 11.6 Å². The Morgan fingerprint density at radius 2 is 2.11 bits per heavy atom. The first kappa shape index (κ1) is 12.8. The van der Waals surface area contributed by atoms with Crippen molar-refractivity contribution in [1.82, 2.24) is 9.78 Å². The van der Waals surface area contributed by atoms with E-state index in [9.17, 15) is 4.79 Å². The monoisotopic (exact) mass is 254 g/mol. The van der Waals surface area contributed by atoms with Crippen LogP contribution in [0.15, 0.2) is 30.5 Å². The molecule has 1 amide bonds. The molecule has 0 bridgehead atoms. The summed E-state index contributed by atoms with van der Waals surface area (Å²) in [6, 6.07) is 9.31. The first-order valence-corrected chi connectivity index (χ1v) is 5.87. The number of anilines is 1. The molecule has 0 aliphatic carbocycles. The van der Waals surface area contributed by atoms with Gasteiger partial charge in [-0.1, -0.05) is 12.1 Å². The first-order valence-electron chi connectivity index (χ1n) is 5.87. The highest BCUT2D eigenvalue weighted by Crippen LogP contribution is 2.13. The summed E-state index contributed by atoms with van der Waals surface area (Å²) in [6.45, 7) is 1.85. The third-order valence-corrected chi connectivity index (χ3v) is 2.97. The van der Waals surface area contributed by atoms with Crippen molar-refractivity contribution in [2.45, 2.75) is 13.3 Å². The molecule has 0 radical (unpaired) electrons. The Kier molecular flexibility index (Phi) is 3.62. The Morgan fingerprint density at radius 3 is 2.63 bits per heavy atom. The SMILES string of the molecule is Cc1c(C(=O)Nc2ccc(CC#N)cc2)cnn1C. The van der Waals surface area contributed by atoms with Crippen molar-refractivity contribution in [1.29, 1.82) is 5.26 Å². The normalized spacial score (nSPS) is 9.95. The lowest BCUT2D eigenvalue weighted by Crippen LogP contribution is -2.12. The minimum absolute atomic E-state index is 0.182. The summed E-state index contributed by atoms with van der Waals surface area (Å²) in [5.41, 5.74) is 3.01. The number of nitriles is 1. The van der Waals surface area contributed by atoms with Gasteiger partial charge >= 0.3 is 0 Å². The van der Waals surface area contributed by atoms with Crippen molar-refractivity contribution < 1.29 is 4.79 Å². The number of aromatic nitrogens is 2. The highest BCUT2D eigenvalue weighted by atomic mass is 16.1. The number of nitrogens with zero attached hydrogens (tertiary/aromatic N) is 3. The molecule has 2 rings (SSSR count). The maximum Gasteiger partial charge on any atom is 0.259 e. The smallest absolute Gasteiger partial charge is 0.259 e. The molecule has 0 saturated heterocycles. The second-order valence-corrected chi connectivity index (χ2v) is 4.25. The molecule has 1 aromatic heterocycles. The van der Waals surface area contributed by atoms with Crippen molar-refractivity contribution in [3.63, 3.8) is 0 Å². The zero-order valence-electron chi connectivity index (χ0n) is 10.8. The first-order chi connectivity index (χ1) is 9.11. The lowest BCUT2D eigenvalue weighted by atomic mass is 10.1. The molecule has 1 aromatic carbocycles. The molecule has 1 heterocycles. The number of hydrogen-bond donors (Lipinski definition) is 1. The number of hydrogen-bond acceptors (Lipinski definition) is 3. The van der Waals surface area contributed by atoms with E-state index in [1.165, 1.54) is 0 Å². The van der Waals surface area contributed by atoms with E-state index < -0.39 is 0 Å². The van der Waals surface area contributed by atoms with E-state index in [0.717, 1.165) is 11.3 Å². The summed E-state index contributed by atoms with van der Waals surface area (Å²) in [6.07, 6.45) is 1.92. The van der Waals surface area contributed by atoms with Gasteiger partial charge < -0.3 is 5.32 Å². The predicted molar refractivity (Wildman–Crippen MR) is 71.7 cm³/mol. The van der Waals surface area contributed by atoms with E-state index in [0.29, 0.717) is 17.7 Å². The van der Waals surface area contributed by atoms with Crippen LogP contribution in [0, 0.1) is 18.3 Å². The maximum atomic E-state index is 12.0. The van der Waals surface area contributed by atoms with Gasteiger partial charge in [-0.2, -0.15) is 10.4 Å². The van der Waals surface area contributed by atoms with Crippen LogP contribution in [0.5, 0.6) is 0 Å². The molecule has 5 heteroatoms. The van der Waals surface area contributed by atoms with Gasteiger partial charge in [-0.15, -0.1) is 0 Å². The minimum atomic E-state index is -0.182. The number of nitrogens with one attached hydrogen (secondary N) is 1. The molecule has 19 heavy (non-hydrogen) atoms. The second-order valence-electron chi connectivity index (χ2n) is 4.25. The largest absolute Gasteiger partial charge is 0.322 e. The van der Waals surface area contributed by atoms with Crippen molar-refractivity contribution in [3.05, 3.63) is 47.3 Å². The lowest BCUT2D eigenvalue weighted by Gasteiger charge is -2.05. The molecular weight excluding hydrogens is 240 g/mol. The van der Waals surface area contributed by atoms with Gasteiger partial charge in [0, 0.05) is 18.4 Å². The zero-order chi connectivity index (χ0) is 13.8. The fraction of sp³-hybridized carbons (Fsp3) is 0.214. The quantitative estimate of drug-likeness (QED) is 0.911. The van der Waals surface area contributed by atoms with E-state index in [1.54, 1.807) is 30.1 Å². The standard InChI is InChI=1S/C14H14N4O/c1-10-13(9-16-18(10)2)14(19)17-12-5-3-11(4-6-12)7-8-15/h3-6,9H,7H2,1-2H3,(H,17,19). The molecule has 0 saturated carbocycles. The van der Waals surface area contributed by atoms with Crippen LogP contribution in [0.1, 0.15) is 21.6 Å². The molecule has 0 unspecified atom stereocenters. The Labute approximate surface area is 111 Å². The predicted octanol–water partition coefficient (Wildman–Crippen LogP) is 2.05.